The zero-order valence-corrected chi connectivity index (χ0v) is 12.0. The molecular formula is C10H29N3O2Si. The van der Waals surface area contributed by atoms with Gasteiger partial charge in [-0.1, -0.05) is 0 Å². The van der Waals surface area contributed by atoms with Crippen LogP contribution in [0.1, 0.15) is 26.7 Å². The maximum atomic E-state index is 6.00. The second kappa shape index (κ2) is 10.2. The lowest BCUT2D eigenvalue weighted by atomic mass is 10.3. The minimum Gasteiger partial charge on any atom is -0.395 e. The van der Waals surface area contributed by atoms with Crippen LogP contribution in [0.3, 0.4) is 0 Å². The summed E-state index contributed by atoms with van der Waals surface area (Å²) >= 11 is 0. The molecule has 0 bridgehead atoms. The van der Waals surface area contributed by atoms with Gasteiger partial charge < -0.3 is 26.5 Å². The van der Waals surface area contributed by atoms with Gasteiger partial charge in [-0.3, -0.25) is 0 Å². The highest BCUT2D eigenvalue weighted by atomic mass is 28.4. The van der Waals surface area contributed by atoms with Crippen molar-refractivity contribution >= 4 is 8.56 Å². The molecule has 7 N–H and O–H groups in total. The molecule has 5 nitrogen and oxygen atoms in total. The molecule has 0 aliphatic heterocycles. The molecule has 0 aromatic heterocycles. The van der Waals surface area contributed by atoms with Gasteiger partial charge in [-0.25, -0.2) is 0 Å². The fraction of sp³-hybridized carbons (Fsp3) is 1.00. The fourth-order valence-electron chi connectivity index (χ4n) is 1.61. The van der Waals surface area contributed by atoms with Crippen LogP contribution in [0.2, 0.25) is 12.6 Å². The monoisotopic (exact) mass is 251 g/mol. The lowest BCUT2D eigenvalue weighted by Gasteiger charge is -2.29. The van der Waals surface area contributed by atoms with Crippen molar-refractivity contribution in [2.45, 2.75) is 45.4 Å². The zero-order valence-electron chi connectivity index (χ0n) is 11.0. The quantitative estimate of drug-likeness (QED) is 0.537. The van der Waals surface area contributed by atoms with Crippen LogP contribution in [0, 0.1) is 0 Å². The Bertz CT molecular complexity index is 163. The summed E-state index contributed by atoms with van der Waals surface area (Å²) in [6, 6.07) is 0.965. The second-order valence-electron chi connectivity index (χ2n) is 3.96. The van der Waals surface area contributed by atoms with Gasteiger partial charge >= 0.3 is 8.56 Å². The summed E-state index contributed by atoms with van der Waals surface area (Å²) in [7, 11) is -2.01. The van der Waals surface area contributed by atoms with Crippen molar-refractivity contribution in [2.75, 3.05) is 19.7 Å². The van der Waals surface area contributed by atoms with E-state index in [4.69, 9.17) is 20.3 Å². The average molecular weight is 251 g/mol. The third-order valence-corrected chi connectivity index (χ3v) is 5.37. The summed E-state index contributed by atoms with van der Waals surface area (Å²) < 4.78 is 11.8. The Morgan fingerprint density at radius 1 is 1.25 bits per heavy atom. The van der Waals surface area contributed by atoms with Crippen LogP contribution in [-0.2, 0) is 8.85 Å². The van der Waals surface area contributed by atoms with Gasteiger partial charge in [0.1, 0.15) is 0 Å². The van der Waals surface area contributed by atoms with E-state index >= 15 is 0 Å². The highest BCUT2D eigenvalue weighted by molar-refractivity contribution is 6.66. The van der Waals surface area contributed by atoms with Crippen LogP contribution in [0.5, 0.6) is 0 Å². The van der Waals surface area contributed by atoms with Gasteiger partial charge in [0.2, 0.25) is 0 Å². The normalized spacial score (nSPS) is 16.3. The standard InChI is InChI=1S/C10H26N2O2Si.H3N/c1-4-13-15(3,9-5-7-11)14-10(2)6-8-12;/h10H,4-9,11-12H2,1-3H3;1H3. The van der Waals surface area contributed by atoms with Gasteiger partial charge in [0.15, 0.2) is 0 Å². The third kappa shape index (κ3) is 8.20. The van der Waals surface area contributed by atoms with Crippen molar-refractivity contribution in [1.82, 2.24) is 6.15 Å². The van der Waals surface area contributed by atoms with Gasteiger partial charge in [0.25, 0.3) is 0 Å². The average Bonchev–Trinajstić information content (AvgIpc) is 2.15. The maximum Gasteiger partial charge on any atom is 0.335 e. The largest absolute Gasteiger partial charge is 0.395 e. The minimum atomic E-state index is -2.01. The number of rotatable bonds is 9. The first kappa shape index (κ1) is 18.4. The van der Waals surface area contributed by atoms with Crippen LogP contribution in [0.25, 0.3) is 0 Å². The highest BCUT2D eigenvalue weighted by Gasteiger charge is 2.32. The minimum absolute atomic E-state index is 0. The Labute approximate surface area is 101 Å². The molecule has 0 aromatic rings. The van der Waals surface area contributed by atoms with Crippen molar-refractivity contribution in [1.29, 1.82) is 0 Å². The molecular weight excluding hydrogens is 222 g/mol. The molecule has 0 fully saturated rings. The Balaban J connectivity index is 0. The molecule has 0 rings (SSSR count). The SMILES string of the molecule is CCO[Si](C)(CCCN)OC(C)CCN.N. The van der Waals surface area contributed by atoms with Crippen LogP contribution in [0.15, 0.2) is 0 Å². The fourth-order valence-corrected chi connectivity index (χ4v) is 4.37. The molecule has 0 aliphatic rings. The first-order valence-electron chi connectivity index (χ1n) is 5.80. The smallest absolute Gasteiger partial charge is 0.335 e. The molecule has 0 spiro atoms. The van der Waals surface area contributed by atoms with Crippen LogP contribution < -0.4 is 17.6 Å². The molecule has 2 unspecified atom stereocenters. The number of hydrogen-bond donors (Lipinski definition) is 3. The van der Waals surface area contributed by atoms with Gasteiger partial charge in [0.05, 0.1) is 0 Å². The Kier molecular flexibility index (Phi) is 11.7. The second-order valence-corrected chi connectivity index (χ2v) is 7.26. The summed E-state index contributed by atoms with van der Waals surface area (Å²) in [4.78, 5) is 0. The van der Waals surface area contributed by atoms with E-state index in [1.807, 2.05) is 6.92 Å². The molecule has 2 atom stereocenters. The van der Waals surface area contributed by atoms with E-state index < -0.39 is 8.56 Å². The van der Waals surface area contributed by atoms with E-state index in [1.54, 1.807) is 0 Å². The van der Waals surface area contributed by atoms with Gasteiger partial charge in [-0.2, -0.15) is 0 Å². The van der Waals surface area contributed by atoms with Gasteiger partial charge in [-0.05, 0) is 52.4 Å². The molecule has 100 valence electrons. The first-order valence-corrected chi connectivity index (χ1v) is 8.32. The molecule has 0 aromatic carbocycles. The van der Waals surface area contributed by atoms with Gasteiger partial charge in [-0.15, -0.1) is 0 Å². The summed E-state index contributed by atoms with van der Waals surface area (Å²) in [5.41, 5.74) is 11.0. The lowest BCUT2D eigenvalue weighted by molar-refractivity contribution is 0.126. The van der Waals surface area contributed by atoms with E-state index in [2.05, 4.69) is 13.5 Å². The van der Waals surface area contributed by atoms with Gasteiger partial charge in [0, 0.05) is 12.7 Å². The number of hydrogen-bond acceptors (Lipinski definition) is 5. The van der Waals surface area contributed by atoms with Crippen molar-refractivity contribution in [2.24, 2.45) is 11.5 Å². The molecule has 0 saturated heterocycles. The van der Waals surface area contributed by atoms with E-state index in [1.165, 1.54) is 0 Å². The summed E-state index contributed by atoms with van der Waals surface area (Å²) in [5.74, 6) is 0. The summed E-state index contributed by atoms with van der Waals surface area (Å²) in [6.07, 6.45) is 2.05. The predicted octanol–water partition coefficient (Wildman–Crippen LogP) is 1.36. The van der Waals surface area contributed by atoms with E-state index in [-0.39, 0.29) is 12.3 Å². The van der Waals surface area contributed by atoms with E-state index in [9.17, 15) is 0 Å². The Hall–Kier alpha value is 0.0169. The molecule has 0 aliphatic carbocycles. The predicted molar refractivity (Wildman–Crippen MR) is 71.0 cm³/mol. The molecule has 6 heteroatoms. The molecule has 0 amide bonds. The third-order valence-electron chi connectivity index (χ3n) is 2.31. The summed E-state index contributed by atoms with van der Waals surface area (Å²) in [6.45, 7) is 8.24. The first-order chi connectivity index (χ1) is 7.08. The van der Waals surface area contributed by atoms with Crippen LogP contribution >= 0.6 is 0 Å². The van der Waals surface area contributed by atoms with Crippen molar-refractivity contribution < 1.29 is 8.85 Å². The maximum absolute atomic E-state index is 6.00. The molecule has 0 radical (unpaired) electrons. The van der Waals surface area contributed by atoms with Crippen LogP contribution in [-0.4, -0.2) is 34.4 Å². The van der Waals surface area contributed by atoms with E-state index in [0.717, 1.165) is 18.9 Å². The summed E-state index contributed by atoms with van der Waals surface area (Å²) in [5, 5.41) is 0. The Morgan fingerprint density at radius 2 is 1.88 bits per heavy atom. The van der Waals surface area contributed by atoms with Crippen molar-refractivity contribution in [3.05, 3.63) is 0 Å². The zero-order chi connectivity index (χ0) is 11.7. The van der Waals surface area contributed by atoms with Crippen molar-refractivity contribution in [3.8, 4) is 0 Å². The topological polar surface area (TPSA) is 106 Å². The van der Waals surface area contributed by atoms with Crippen molar-refractivity contribution in [3.63, 3.8) is 0 Å². The van der Waals surface area contributed by atoms with Crippen LogP contribution in [0.4, 0.5) is 0 Å². The lowest BCUT2D eigenvalue weighted by Crippen LogP contribution is -2.42. The molecule has 0 saturated carbocycles. The van der Waals surface area contributed by atoms with E-state index in [0.29, 0.717) is 19.7 Å². The number of nitrogens with two attached hydrogens (primary N) is 2. The highest BCUT2D eigenvalue weighted by Crippen LogP contribution is 2.18. The Morgan fingerprint density at radius 3 is 2.31 bits per heavy atom. The molecule has 16 heavy (non-hydrogen) atoms. The molecule has 0 heterocycles.